The van der Waals surface area contributed by atoms with E-state index in [2.05, 4.69) is 39.3 Å². The Morgan fingerprint density at radius 3 is 2.95 bits per heavy atom. The molecule has 3 rings (SSSR count). The number of alkyl halides is 1. The largest absolute Gasteiger partial charge is 0.309 e. The van der Waals surface area contributed by atoms with E-state index in [1.807, 2.05) is 12.3 Å². The van der Waals surface area contributed by atoms with Gasteiger partial charge in [0.2, 0.25) is 0 Å². The summed E-state index contributed by atoms with van der Waals surface area (Å²) in [5.74, 6) is 1.67. The molecule has 0 aliphatic heterocycles. The van der Waals surface area contributed by atoms with E-state index in [0.717, 1.165) is 27.9 Å². The zero-order valence-electron chi connectivity index (χ0n) is 12.6. The van der Waals surface area contributed by atoms with Gasteiger partial charge in [-0.05, 0) is 40.3 Å². The van der Waals surface area contributed by atoms with Crippen molar-refractivity contribution in [1.82, 2.24) is 14.5 Å². The van der Waals surface area contributed by atoms with Crippen LogP contribution in [0.3, 0.4) is 0 Å². The predicted octanol–water partition coefficient (Wildman–Crippen LogP) is 5.12. The number of hydrogen-bond donors (Lipinski definition) is 0. The molecule has 1 fully saturated rings. The van der Waals surface area contributed by atoms with Gasteiger partial charge in [0.15, 0.2) is 5.65 Å². The summed E-state index contributed by atoms with van der Waals surface area (Å²) < 4.78 is 3.34. The summed E-state index contributed by atoms with van der Waals surface area (Å²) in [5.41, 5.74) is 2.24. The monoisotopic (exact) mass is 369 g/mol. The van der Waals surface area contributed by atoms with Gasteiger partial charge < -0.3 is 4.57 Å². The lowest BCUT2D eigenvalue weighted by Crippen LogP contribution is -2.31. The van der Waals surface area contributed by atoms with E-state index in [1.54, 1.807) is 0 Å². The normalized spacial score (nSPS) is 21.8. The number of halogens is 2. The maximum atomic E-state index is 5.99. The highest BCUT2D eigenvalue weighted by Crippen LogP contribution is 2.45. The molecule has 1 atom stereocenters. The van der Waals surface area contributed by atoms with Crippen LogP contribution in [0.2, 0.25) is 0 Å². The second kappa shape index (κ2) is 5.88. The van der Waals surface area contributed by atoms with Gasteiger partial charge >= 0.3 is 0 Å². The van der Waals surface area contributed by atoms with Gasteiger partial charge in [-0.3, -0.25) is 0 Å². The Bertz CT molecular complexity index is 650. The Morgan fingerprint density at radius 1 is 1.43 bits per heavy atom. The zero-order valence-corrected chi connectivity index (χ0v) is 14.9. The molecule has 1 aliphatic rings. The molecule has 5 heteroatoms. The molecular weight excluding hydrogens is 350 g/mol. The van der Waals surface area contributed by atoms with Crippen LogP contribution in [0.1, 0.15) is 51.4 Å². The lowest BCUT2D eigenvalue weighted by molar-refractivity contribution is 0.144. The molecule has 0 aromatic carbocycles. The highest BCUT2D eigenvalue weighted by atomic mass is 79.9. The molecule has 0 N–H and O–H groups in total. The number of fused-ring (bicyclic) bond motifs is 1. The van der Waals surface area contributed by atoms with Crippen molar-refractivity contribution in [2.45, 2.75) is 52.0 Å². The number of aryl methyl sites for hydroxylation is 1. The fourth-order valence-electron chi connectivity index (χ4n) is 3.55. The van der Waals surface area contributed by atoms with Gasteiger partial charge in [-0.2, -0.15) is 0 Å². The van der Waals surface area contributed by atoms with E-state index in [9.17, 15) is 0 Å². The summed E-state index contributed by atoms with van der Waals surface area (Å²) in [7, 11) is 0. The van der Waals surface area contributed by atoms with Crippen molar-refractivity contribution in [2.24, 2.45) is 5.41 Å². The highest BCUT2D eigenvalue weighted by molar-refractivity contribution is 9.10. The fourth-order valence-corrected chi connectivity index (χ4v) is 4.04. The number of aromatic nitrogens is 3. The first-order valence-electron chi connectivity index (χ1n) is 7.61. The molecule has 1 saturated carbocycles. The molecule has 21 heavy (non-hydrogen) atoms. The van der Waals surface area contributed by atoms with E-state index >= 15 is 0 Å². The SMILES string of the molecule is CC1(C)CCCCC1n1c(CCCl)nc2cc(Br)cnc21. The van der Waals surface area contributed by atoms with Crippen molar-refractivity contribution in [3.63, 3.8) is 0 Å². The fraction of sp³-hybridized carbons (Fsp3) is 0.625. The van der Waals surface area contributed by atoms with Crippen LogP contribution in [-0.4, -0.2) is 20.4 Å². The Morgan fingerprint density at radius 2 is 2.24 bits per heavy atom. The summed E-state index contributed by atoms with van der Waals surface area (Å²) >= 11 is 9.48. The number of imidazole rings is 1. The molecule has 2 heterocycles. The minimum absolute atomic E-state index is 0.279. The van der Waals surface area contributed by atoms with Gasteiger partial charge in [0, 0.05) is 29.0 Å². The topological polar surface area (TPSA) is 30.7 Å². The van der Waals surface area contributed by atoms with Gasteiger partial charge in [-0.1, -0.05) is 26.7 Å². The summed E-state index contributed by atoms with van der Waals surface area (Å²) in [4.78, 5) is 9.42. The van der Waals surface area contributed by atoms with Crippen molar-refractivity contribution in [1.29, 1.82) is 0 Å². The quantitative estimate of drug-likeness (QED) is 0.702. The van der Waals surface area contributed by atoms with Crippen molar-refractivity contribution in [3.8, 4) is 0 Å². The first kappa shape index (κ1) is 15.3. The second-order valence-electron chi connectivity index (χ2n) is 6.58. The van der Waals surface area contributed by atoms with Crippen molar-refractivity contribution in [2.75, 3.05) is 5.88 Å². The summed E-state index contributed by atoms with van der Waals surface area (Å²) in [6, 6.07) is 2.51. The van der Waals surface area contributed by atoms with E-state index in [4.69, 9.17) is 16.6 Å². The first-order valence-corrected chi connectivity index (χ1v) is 8.94. The standard InChI is InChI=1S/C16H21BrClN3/c1-16(2)7-4-3-5-13(16)21-14(6-8-18)20-12-9-11(17)10-19-15(12)21/h9-10,13H,3-8H2,1-2H3. The molecule has 2 aromatic rings. The number of hydrogen-bond acceptors (Lipinski definition) is 2. The Hall–Kier alpha value is -0.610. The highest BCUT2D eigenvalue weighted by Gasteiger charge is 2.35. The molecular formula is C16H21BrClN3. The third-order valence-corrected chi connectivity index (χ3v) is 5.27. The van der Waals surface area contributed by atoms with Gasteiger partial charge in [-0.15, -0.1) is 11.6 Å². The van der Waals surface area contributed by atoms with Gasteiger partial charge in [0.1, 0.15) is 11.3 Å². The minimum atomic E-state index is 0.279. The smallest absolute Gasteiger partial charge is 0.160 e. The van der Waals surface area contributed by atoms with E-state index in [0.29, 0.717) is 11.9 Å². The van der Waals surface area contributed by atoms with Crippen molar-refractivity contribution in [3.05, 3.63) is 22.6 Å². The average Bonchev–Trinajstić information content (AvgIpc) is 2.76. The zero-order chi connectivity index (χ0) is 15.0. The van der Waals surface area contributed by atoms with Crippen LogP contribution in [0.4, 0.5) is 0 Å². The summed E-state index contributed by atoms with van der Waals surface area (Å²) in [5, 5.41) is 0. The maximum Gasteiger partial charge on any atom is 0.160 e. The number of rotatable bonds is 3. The van der Waals surface area contributed by atoms with Crippen LogP contribution < -0.4 is 0 Å². The molecule has 0 radical (unpaired) electrons. The lowest BCUT2D eigenvalue weighted by Gasteiger charge is -2.40. The Labute approximate surface area is 139 Å². The first-order chi connectivity index (χ1) is 10.0. The Kier molecular flexibility index (Phi) is 4.28. The van der Waals surface area contributed by atoms with Gasteiger partial charge in [-0.25, -0.2) is 9.97 Å². The lowest BCUT2D eigenvalue weighted by atomic mass is 9.73. The third-order valence-electron chi connectivity index (χ3n) is 4.65. The van der Waals surface area contributed by atoms with Crippen LogP contribution in [-0.2, 0) is 6.42 Å². The van der Waals surface area contributed by atoms with Crippen LogP contribution in [0, 0.1) is 5.41 Å². The molecule has 0 saturated heterocycles. The van der Waals surface area contributed by atoms with Crippen molar-refractivity contribution >= 4 is 38.7 Å². The molecule has 3 nitrogen and oxygen atoms in total. The minimum Gasteiger partial charge on any atom is -0.309 e. The predicted molar refractivity (Wildman–Crippen MR) is 90.9 cm³/mol. The molecule has 2 aromatic heterocycles. The van der Waals surface area contributed by atoms with Crippen LogP contribution >= 0.6 is 27.5 Å². The van der Waals surface area contributed by atoms with Crippen LogP contribution in [0.25, 0.3) is 11.2 Å². The van der Waals surface area contributed by atoms with E-state index in [1.165, 1.54) is 25.7 Å². The Balaban J connectivity index is 2.16. The third kappa shape index (κ3) is 2.85. The second-order valence-corrected chi connectivity index (χ2v) is 7.88. The van der Waals surface area contributed by atoms with Crippen LogP contribution in [0.5, 0.6) is 0 Å². The maximum absolute atomic E-state index is 5.99. The van der Waals surface area contributed by atoms with E-state index < -0.39 is 0 Å². The van der Waals surface area contributed by atoms with Crippen molar-refractivity contribution < 1.29 is 0 Å². The molecule has 0 amide bonds. The molecule has 114 valence electrons. The summed E-state index contributed by atoms with van der Waals surface area (Å²) in [6.45, 7) is 4.73. The molecule has 1 aliphatic carbocycles. The molecule has 1 unspecified atom stereocenters. The van der Waals surface area contributed by atoms with E-state index in [-0.39, 0.29) is 5.41 Å². The molecule has 0 spiro atoms. The summed E-state index contributed by atoms with van der Waals surface area (Å²) in [6.07, 6.45) is 7.72. The van der Waals surface area contributed by atoms with Gasteiger partial charge in [0.25, 0.3) is 0 Å². The van der Waals surface area contributed by atoms with Gasteiger partial charge in [0.05, 0.1) is 0 Å². The average molecular weight is 371 g/mol. The number of pyridine rings is 1. The van der Waals surface area contributed by atoms with Crippen LogP contribution in [0.15, 0.2) is 16.7 Å². The molecule has 0 bridgehead atoms. The number of nitrogens with zero attached hydrogens (tertiary/aromatic N) is 3.